The van der Waals surface area contributed by atoms with E-state index in [1.54, 1.807) is 0 Å². The van der Waals surface area contributed by atoms with Gasteiger partial charge in [0.15, 0.2) is 11.8 Å². The van der Waals surface area contributed by atoms with Crippen LogP contribution in [0.1, 0.15) is 51.7 Å². The maximum atomic E-state index is 4.86. The fourth-order valence-electron chi connectivity index (χ4n) is 3.89. The van der Waals surface area contributed by atoms with Gasteiger partial charge in [0, 0.05) is 32.6 Å². The van der Waals surface area contributed by atoms with Gasteiger partial charge in [0.25, 0.3) is 0 Å². The van der Waals surface area contributed by atoms with Gasteiger partial charge in [-0.25, -0.2) is 4.99 Å². The van der Waals surface area contributed by atoms with E-state index in [1.165, 1.54) is 19.3 Å². The van der Waals surface area contributed by atoms with Crippen molar-refractivity contribution in [1.29, 1.82) is 0 Å². The fraction of sp³-hybridized carbons (Fsp3) is 0.824. The maximum absolute atomic E-state index is 4.86. The molecular weight excluding hydrogens is 288 g/mol. The molecular formula is C17H30N6. The van der Waals surface area contributed by atoms with E-state index in [0.717, 1.165) is 62.0 Å². The smallest absolute Gasteiger partial charge is 0.194 e. The van der Waals surface area contributed by atoms with Crippen molar-refractivity contribution in [2.75, 3.05) is 19.6 Å². The summed E-state index contributed by atoms with van der Waals surface area (Å²) >= 11 is 0. The number of aliphatic imine (C=N–C) groups is 1. The van der Waals surface area contributed by atoms with Crippen LogP contribution in [0.2, 0.25) is 0 Å². The van der Waals surface area contributed by atoms with Crippen molar-refractivity contribution in [1.82, 2.24) is 25.0 Å². The van der Waals surface area contributed by atoms with Gasteiger partial charge in [0.05, 0.1) is 0 Å². The minimum absolute atomic E-state index is 0.620. The maximum Gasteiger partial charge on any atom is 0.194 e. The number of rotatable bonds is 3. The van der Waals surface area contributed by atoms with Gasteiger partial charge in [0.1, 0.15) is 12.4 Å². The zero-order chi connectivity index (χ0) is 16.2. The second-order valence-corrected chi connectivity index (χ2v) is 7.16. The number of guanidine groups is 1. The topological polar surface area (TPSA) is 58.3 Å². The second-order valence-electron chi connectivity index (χ2n) is 7.16. The molecule has 1 saturated heterocycles. The molecule has 0 aliphatic carbocycles. The van der Waals surface area contributed by atoms with E-state index in [1.807, 2.05) is 0 Å². The van der Waals surface area contributed by atoms with Crippen molar-refractivity contribution in [3.05, 3.63) is 11.6 Å². The highest BCUT2D eigenvalue weighted by Crippen LogP contribution is 2.21. The molecule has 2 aliphatic heterocycles. The highest BCUT2D eigenvalue weighted by Gasteiger charge is 2.24. The molecule has 0 bridgehead atoms. The Kier molecular flexibility index (Phi) is 5.18. The molecule has 1 aromatic heterocycles. The standard InChI is InChI=1S/C17H30N6/c1-4-18-17(22-11-13(2)9-14(3)12-22)19-10-16-21-20-15-7-5-6-8-23(15)16/h13-14H,4-12H2,1-3H3,(H,18,19). The molecule has 0 aromatic carbocycles. The molecule has 2 atom stereocenters. The van der Waals surface area contributed by atoms with E-state index in [9.17, 15) is 0 Å². The fourth-order valence-corrected chi connectivity index (χ4v) is 3.89. The molecule has 2 aliphatic rings. The molecule has 3 rings (SSSR count). The van der Waals surface area contributed by atoms with Crippen molar-refractivity contribution in [2.24, 2.45) is 16.8 Å². The average molecular weight is 318 g/mol. The first-order valence-corrected chi connectivity index (χ1v) is 9.11. The van der Waals surface area contributed by atoms with E-state index in [-0.39, 0.29) is 0 Å². The van der Waals surface area contributed by atoms with Gasteiger partial charge in [-0.1, -0.05) is 13.8 Å². The lowest BCUT2D eigenvalue weighted by Crippen LogP contribution is -2.48. The lowest BCUT2D eigenvalue weighted by Gasteiger charge is -2.37. The molecule has 23 heavy (non-hydrogen) atoms. The molecule has 3 heterocycles. The van der Waals surface area contributed by atoms with Crippen LogP contribution in [0.15, 0.2) is 4.99 Å². The Labute approximate surface area is 139 Å². The van der Waals surface area contributed by atoms with Gasteiger partial charge < -0.3 is 14.8 Å². The zero-order valence-corrected chi connectivity index (χ0v) is 14.8. The lowest BCUT2D eigenvalue weighted by atomic mass is 9.92. The van der Waals surface area contributed by atoms with Crippen LogP contribution in [-0.4, -0.2) is 45.3 Å². The van der Waals surface area contributed by atoms with Crippen LogP contribution in [0, 0.1) is 11.8 Å². The van der Waals surface area contributed by atoms with Gasteiger partial charge in [-0.05, 0) is 38.0 Å². The predicted octanol–water partition coefficient (Wildman–Crippen LogP) is 2.06. The molecule has 0 amide bonds. The normalized spacial score (nSPS) is 25.3. The third-order valence-electron chi connectivity index (χ3n) is 4.81. The largest absolute Gasteiger partial charge is 0.357 e. The molecule has 6 heteroatoms. The van der Waals surface area contributed by atoms with Crippen molar-refractivity contribution in [3.63, 3.8) is 0 Å². The molecule has 1 aromatic rings. The van der Waals surface area contributed by atoms with Crippen molar-refractivity contribution >= 4 is 5.96 Å². The van der Waals surface area contributed by atoms with Crippen LogP contribution in [0.4, 0.5) is 0 Å². The van der Waals surface area contributed by atoms with Crippen LogP contribution in [0.3, 0.4) is 0 Å². The Morgan fingerprint density at radius 1 is 1.22 bits per heavy atom. The third kappa shape index (κ3) is 3.85. The Balaban J connectivity index is 1.73. The Hall–Kier alpha value is -1.59. The summed E-state index contributed by atoms with van der Waals surface area (Å²) in [5.41, 5.74) is 0. The predicted molar refractivity (Wildman–Crippen MR) is 92.3 cm³/mol. The van der Waals surface area contributed by atoms with Gasteiger partial charge in [0.2, 0.25) is 0 Å². The van der Waals surface area contributed by atoms with E-state index < -0.39 is 0 Å². The van der Waals surface area contributed by atoms with E-state index >= 15 is 0 Å². The first-order valence-electron chi connectivity index (χ1n) is 9.11. The van der Waals surface area contributed by atoms with Crippen LogP contribution < -0.4 is 5.32 Å². The van der Waals surface area contributed by atoms with Gasteiger partial charge >= 0.3 is 0 Å². The molecule has 128 valence electrons. The highest BCUT2D eigenvalue weighted by molar-refractivity contribution is 5.80. The first-order chi connectivity index (χ1) is 11.2. The van der Waals surface area contributed by atoms with Gasteiger partial charge in [-0.2, -0.15) is 0 Å². The number of nitrogens with zero attached hydrogens (tertiary/aromatic N) is 5. The molecule has 0 radical (unpaired) electrons. The van der Waals surface area contributed by atoms with Crippen LogP contribution in [0.25, 0.3) is 0 Å². The second kappa shape index (κ2) is 7.32. The summed E-state index contributed by atoms with van der Waals surface area (Å²) in [7, 11) is 0. The number of aromatic nitrogens is 3. The van der Waals surface area contributed by atoms with Crippen molar-refractivity contribution in [2.45, 2.75) is 59.5 Å². The van der Waals surface area contributed by atoms with Crippen LogP contribution in [0.5, 0.6) is 0 Å². The van der Waals surface area contributed by atoms with Crippen molar-refractivity contribution < 1.29 is 0 Å². The van der Waals surface area contributed by atoms with Gasteiger partial charge in [-0.15, -0.1) is 10.2 Å². The highest BCUT2D eigenvalue weighted by atomic mass is 15.3. The lowest BCUT2D eigenvalue weighted by molar-refractivity contribution is 0.208. The molecule has 2 unspecified atom stereocenters. The number of hydrogen-bond acceptors (Lipinski definition) is 3. The molecule has 6 nitrogen and oxygen atoms in total. The Morgan fingerprint density at radius 3 is 2.74 bits per heavy atom. The number of piperidine rings is 1. The summed E-state index contributed by atoms with van der Waals surface area (Å²) in [6, 6.07) is 0. The minimum atomic E-state index is 0.620. The number of fused-ring (bicyclic) bond motifs is 1. The Morgan fingerprint density at radius 2 is 2.00 bits per heavy atom. The summed E-state index contributed by atoms with van der Waals surface area (Å²) in [5, 5.41) is 12.1. The number of aryl methyl sites for hydroxylation is 1. The van der Waals surface area contributed by atoms with E-state index in [0.29, 0.717) is 6.54 Å². The van der Waals surface area contributed by atoms with Crippen LogP contribution in [-0.2, 0) is 19.5 Å². The SMILES string of the molecule is CCNC(=NCc1nnc2n1CCCC2)N1CC(C)CC(C)C1. The molecule has 1 N–H and O–H groups in total. The van der Waals surface area contributed by atoms with E-state index in [2.05, 4.69) is 45.8 Å². The molecule has 1 fully saturated rings. The summed E-state index contributed by atoms with van der Waals surface area (Å²) in [6.07, 6.45) is 4.82. The summed E-state index contributed by atoms with van der Waals surface area (Å²) in [4.78, 5) is 7.28. The minimum Gasteiger partial charge on any atom is -0.357 e. The number of likely N-dealkylation sites (tertiary alicyclic amines) is 1. The van der Waals surface area contributed by atoms with Crippen molar-refractivity contribution in [3.8, 4) is 0 Å². The third-order valence-corrected chi connectivity index (χ3v) is 4.81. The van der Waals surface area contributed by atoms with Gasteiger partial charge in [-0.3, -0.25) is 0 Å². The molecule has 0 spiro atoms. The van der Waals surface area contributed by atoms with Crippen LogP contribution >= 0.6 is 0 Å². The quantitative estimate of drug-likeness (QED) is 0.684. The first kappa shape index (κ1) is 16.3. The molecule has 0 saturated carbocycles. The summed E-state index contributed by atoms with van der Waals surface area (Å²) < 4.78 is 2.26. The monoisotopic (exact) mass is 318 g/mol. The average Bonchev–Trinajstić information content (AvgIpc) is 2.94. The summed E-state index contributed by atoms with van der Waals surface area (Å²) in [6.45, 7) is 11.5. The number of hydrogen-bond donors (Lipinski definition) is 1. The zero-order valence-electron chi connectivity index (χ0n) is 14.8. The summed E-state index contributed by atoms with van der Waals surface area (Å²) in [5.74, 6) is 4.62. The van der Waals surface area contributed by atoms with E-state index in [4.69, 9.17) is 4.99 Å². The number of nitrogens with one attached hydrogen (secondary N) is 1. The Bertz CT molecular complexity index is 539.